The number of rotatable bonds is 4. The molecule has 1 aliphatic rings. The Bertz CT molecular complexity index is 450. The fraction of sp³-hybridized carbons (Fsp3) is 0.562. The summed E-state index contributed by atoms with van der Waals surface area (Å²) in [4.78, 5) is 12.1. The molecule has 0 radical (unpaired) electrons. The van der Waals surface area contributed by atoms with Gasteiger partial charge in [0.05, 0.1) is 0 Å². The van der Waals surface area contributed by atoms with Crippen LogP contribution in [0.2, 0.25) is 0 Å². The number of hydrogen-bond donors (Lipinski definition) is 1. The van der Waals surface area contributed by atoms with Gasteiger partial charge in [-0.1, -0.05) is 26.0 Å². The van der Waals surface area contributed by atoms with Crippen molar-refractivity contribution in [2.24, 2.45) is 5.92 Å². The predicted molar refractivity (Wildman–Crippen MR) is 76.0 cm³/mol. The Hall–Kier alpha value is -1.42. The molecule has 1 N–H and O–H groups in total. The third-order valence-electron chi connectivity index (χ3n) is 3.92. The van der Waals surface area contributed by atoms with E-state index in [1.165, 1.54) is 12.1 Å². The van der Waals surface area contributed by atoms with E-state index in [2.05, 4.69) is 5.32 Å². The maximum absolute atomic E-state index is 13.0. The highest BCUT2D eigenvalue weighted by Crippen LogP contribution is 2.23. The van der Waals surface area contributed by atoms with Crippen molar-refractivity contribution in [1.29, 1.82) is 0 Å². The Morgan fingerprint density at radius 3 is 2.50 bits per heavy atom. The second-order valence-electron chi connectivity index (χ2n) is 6.00. The molecule has 0 atom stereocenters. The number of halogens is 1. The molecule has 0 spiro atoms. The van der Waals surface area contributed by atoms with Gasteiger partial charge < -0.3 is 10.1 Å². The average Bonchev–Trinajstić information content (AvgIpc) is 2.46. The molecule has 4 heteroatoms. The summed E-state index contributed by atoms with van der Waals surface area (Å²) < 4.78 is 18.2. The van der Waals surface area contributed by atoms with Crippen LogP contribution in [0.25, 0.3) is 0 Å². The second-order valence-corrected chi connectivity index (χ2v) is 6.00. The molecule has 1 saturated heterocycles. The first-order chi connectivity index (χ1) is 9.49. The number of amides is 1. The van der Waals surface area contributed by atoms with E-state index in [1.54, 1.807) is 12.1 Å². The summed E-state index contributed by atoms with van der Waals surface area (Å²) in [5, 5.41) is 3.02. The van der Waals surface area contributed by atoms with E-state index in [1.807, 2.05) is 13.8 Å². The first kappa shape index (κ1) is 15.0. The molecular formula is C16H22FNO2. The van der Waals surface area contributed by atoms with Gasteiger partial charge in [-0.25, -0.2) is 4.39 Å². The molecule has 1 aromatic carbocycles. The monoisotopic (exact) mass is 279 g/mol. The number of nitrogens with one attached hydrogen (secondary N) is 1. The van der Waals surface area contributed by atoms with Crippen LogP contribution in [-0.4, -0.2) is 25.7 Å². The zero-order chi connectivity index (χ0) is 14.6. The third-order valence-corrected chi connectivity index (χ3v) is 3.92. The van der Waals surface area contributed by atoms with E-state index in [-0.39, 0.29) is 23.1 Å². The Balaban J connectivity index is 1.91. The van der Waals surface area contributed by atoms with Crippen molar-refractivity contribution in [1.82, 2.24) is 5.32 Å². The van der Waals surface area contributed by atoms with Gasteiger partial charge in [0, 0.05) is 31.1 Å². The highest BCUT2D eigenvalue weighted by Gasteiger charge is 2.25. The lowest BCUT2D eigenvalue weighted by molar-refractivity contribution is -0.128. The summed E-state index contributed by atoms with van der Waals surface area (Å²) in [5.41, 5.74) is 0.806. The molecule has 1 heterocycles. The third kappa shape index (κ3) is 3.79. The minimum Gasteiger partial charge on any atom is -0.381 e. The van der Waals surface area contributed by atoms with Crippen LogP contribution in [0.3, 0.4) is 0 Å². The first-order valence-electron chi connectivity index (χ1n) is 7.10. The molecule has 0 aliphatic carbocycles. The Kier molecular flexibility index (Phi) is 4.76. The molecule has 1 amide bonds. The lowest BCUT2D eigenvalue weighted by Crippen LogP contribution is -2.41. The molecule has 0 unspecified atom stereocenters. The highest BCUT2D eigenvalue weighted by molar-refractivity contribution is 5.78. The van der Waals surface area contributed by atoms with Crippen LogP contribution in [0.1, 0.15) is 32.3 Å². The first-order valence-corrected chi connectivity index (χ1v) is 7.10. The van der Waals surface area contributed by atoms with Gasteiger partial charge in [0.1, 0.15) is 5.82 Å². The minimum atomic E-state index is -0.240. The SMILES string of the molecule is CC(C)(CNC(=O)C1CCOCC1)c1ccc(F)cc1. The molecule has 0 bridgehead atoms. The lowest BCUT2D eigenvalue weighted by Gasteiger charge is -2.28. The van der Waals surface area contributed by atoms with E-state index < -0.39 is 0 Å². The molecular weight excluding hydrogens is 257 g/mol. The standard InChI is InChI=1S/C16H22FNO2/c1-16(2,13-3-5-14(17)6-4-13)11-18-15(19)12-7-9-20-10-8-12/h3-6,12H,7-11H2,1-2H3,(H,18,19). The average molecular weight is 279 g/mol. The Morgan fingerprint density at radius 1 is 1.30 bits per heavy atom. The highest BCUT2D eigenvalue weighted by atomic mass is 19.1. The van der Waals surface area contributed by atoms with Crippen molar-refractivity contribution in [2.75, 3.05) is 19.8 Å². The van der Waals surface area contributed by atoms with E-state index in [0.717, 1.165) is 18.4 Å². The van der Waals surface area contributed by atoms with Crippen LogP contribution in [0, 0.1) is 11.7 Å². The molecule has 1 fully saturated rings. The Labute approximate surface area is 119 Å². The summed E-state index contributed by atoms with van der Waals surface area (Å²) in [7, 11) is 0. The number of hydrogen-bond acceptors (Lipinski definition) is 2. The topological polar surface area (TPSA) is 38.3 Å². The van der Waals surface area contributed by atoms with Crippen molar-refractivity contribution in [3.05, 3.63) is 35.6 Å². The maximum atomic E-state index is 13.0. The van der Waals surface area contributed by atoms with Crippen LogP contribution in [0.5, 0.6) is 0 Å². The number of benzene rings is 1. The largest absolute Gasteiger partial charge is 0.381 e. The van der Waals surface area contributed by atoms with Crippen LogP contribution >= 0.6 is 0 Å². The van der Waals surface area contributed by atoms with Gasteiger partial charge in [-0.15, -0.1) is 0 Å². The minimum absolute atomic E-state index is 0.0627. The van der Waals surface area contributed by atoms with Crippen molar-refractivity contribution in [3.8, 4) is 0 Å². The molecule has 110 valence electrons. The van der Waals surface area contributed by atoms with E-state index in [4.69, 9.17) is 4.74 Å². The molecule has 0 saturated carbocycles. The molecule has 2 rings (SSSR count). The van der Waals surface area contributed by atoms with Gasteiger partial charge in [0.2, 0.25) is 5.91 Å². The quantitative estimate of drug-likeness (QED) is 0.920. The summed E-state index contributed by atoms with van der Waals surface area (Å²) in [5.74, 6) is -0.0768. The van der Waals surface area contributed by atoms with Crippen LogP contribution in [-0.2, 0) is 14.9 Å². The van der Waals surface area contributed by atoms with Crippen LogP contribution in [0.15, 0.2) is 24.3 Å². The smallest absolute Gasteiger partial charge is 0.223 e. The lowest BCUT2D eigenvalue weighted by atomic mass is 9.84. The van der Waals surface area contributed by atoms with Gasteiger partial charge in [-0.05, 0) is 30.5 Å². The van der Waals surface area contributed by atoms with Crippen molar-refractivity contribution < 1.29 is 13.9 Å². The van der Waals surface area contributed by atoms with Gasteiger partial charge in [0.15, 0.2) is 0 Å². The maximum Gasteiger partial charge on any atom is 0.223 e. The molecule has 20 heavy (non-hydrogen) atoms. The normalized spacial score (nSPS) is 16.9. The van der Waals surface area contributed by atoms with Crippen LogP contribution < -0.4 is 5.32 Å². The van der Waals surface area contributed by atoms with Gasteiger partial charge in [-0.3, -0.25) is 4.79 Å². The summed E-state index contributed by atoms with van der Waals surface area (Å²) in [6.45, 7) is 5.97. The van der Waals surface area contributed by atoms with Gasteiger partial charge in [-0.2, -0.15) is 0 Å². The van der Waals surface area contributed by atoms with Crippen molar-refractivity contribution >= 4 is 5.91 Å². The number of carbonyl (C=O) groups excluding carboxylic acids is 1. The summed E-state index contributed by atoms with van der Waals surface area (Å²) in [6.07, 6.45) is 1.59. The second kappa shape index (κ2) is 6.35. The summed E-state index contributed by atoms with van der Waals surface area (Å²) in [6, 6.07) is 6.46. The molecule has 3 nitrogen and oxygen atoms in total. The van der Waals surface area contributed by atoms with Gasteiger partial charge in [0.25, 0.3) is 0 Å². The Morgan fingerprint density at radius 2 is 1.90 bits per heavy atom. The van der Waals surface area contributed by atoms with E-state index in [0.29, 0.717) is 19.8 Å². The summed E-state index contributed by atoms with van der Waals surface area (Å²) >= 11 is 0. The fourth-order valence-corrected chi connectivity index (χ4v) is 2.42. The zero-order valence-electron chi connectivity index (χ0n) is 12.1. The van der Waals surface area contributed by atoms with E-state index in [9.17, 15) is 9.18 Å². The van der Waals surface area contributed by atoms with Crippen LogP contribution in [0.4, 0.5) is 4.39 Å². The molecule has 0 aromatic heterocycles. The molecule has 1 aromatic rings. The number of carbonyl (C=O) groups is 1. The fourth-order valence-electron chi connectivity index (χ4n) is 2.42. The van der Waals surface area contributed by atoms with E-state index >= 15 is 0 Å². The van der Waals surface area contributed by atoms with Crippen molar-refractivity contribution in [3.63, 3.8) is 0 Å². The van der Waals surface area contributed by atoms with Crippen molar-refractivity contribution in [2.45, 2.75) is 32.1 Å². The predicted octanol–water partition coefficient (Wildman–Crippen LogP) is 2.65. The zero-order valence-corrected chi connectivity index (χ0v) is 12.1. The number of ether oxygens (including phenoxy) is 1. The molecule has 1 aliphatic heterocycles. The van der Waals surface area contributed by atoms with Gasteiger partial charge >= 0.3 is 0 Å².